The highest BCUT2D eigenvalue weighted by molar-refractivity contribution is 6.23. The number of carbonyl (C=O) groups excluding carboxylic acids is 2. The summed E-state index contributed by atoms with van der Waals surface area (Å²) in [7, 11) is 0. The molecule has 3 N–H and O–H groups in total. The molecule has 1 atom stereocenters. The van der Waals surface area contributed by atoms with Gasteiger partial charge in [-0.1, -0.05) is 58.3 Å². The van der Waals surface area contributed by atoms with Crippen molar-refractivity contribution in [2.45, 2.75) is 149 Å². The van der Waals surface area contributed by atoms with Crippen molar-refractivity contribution in [3.05, 3.63) is 11.3 Å². The summed E-state index contributed by atoms with van der Waals surface area (Å²) in [6.07, 6.45) is 15.1. The maximum atomic E-state index is 12.9. The van der Waals surface area contributed by atoms with Gasteiger partial charge < -0.3 is 25.2 Å². The lowest BCUT2D eigenvalue weighted by Gasteiger charge is -2.11. The van der Waals surface area contributed by atoms with Crippen molar-refractivity contribution in [1.82, 2.24) is 10.6 Å². The zero-order valence-electron chi connectivity index (χ0n) is 26.2. The number of aliphatic hydroxyl groups excluding tert-OH is 1. The van der Waals surface area contributed by atoms with Gasteiger partial charge in [-0.05, 0) is 66.2 Å². The smallest absolute Gasteiger partial charge is 0.257 e. The zero-order chi connectivity index (χ0) is 29.6. The quantitative estimate of drug-likeness (QED) is 0.0856. The van der Waals surface area contributed by atoms with Gasteiger partial charge in [0.15, 0.2) is 0 Å². The van der Waals surface area contributed by atoms with E-state index in [0.29, 0.717) is 63.3 Å². The number of aliphatic imine (C=N–C) groups is 1. The van der Waals surface area contributed by atoms with Gasteiger partial charge >= 0.3 is 0 Å². The molecule has 0 aliphatic carbocycles. The first kappa shape index (κ1) is 36.1. The lowest BCUT2D eigenvalue weighted by molar-refractivity contribution is -0.121. The summed E-state index contributed by atoms with van der Waals surface area (Å²) in [5.41, 5.74) is 1.04. The fraction of sp³-hybridized carbons (Fsp3) is 0.844. The molecule has 0 aromatic carbocycles. The van der Waals surface area contributed by atoms with Crippen LogP contribution in [0.5, 0.6) is 0 Å². The van der Waals surface area contributed by atoms with Crippen LogP contribution in [0.25, 0.3) is 0 Å². The number of aliphatic hydroxyl groups is 1. The van der Waals surface area contributed by atoms with Crippen LogP contribution < -0.4 is 10.6 Å². The molecule has 8 heteroatoms. The first-order valence-electron chi connectivity index (χ1n) is 16.0. The van der Waals surface area contributed by atoms with Crippen molar-refractivity contribution < 1.29 is 24.2 Å². The van der Waals surface area contributed by atoms with Crippen molar-refractivity contribution in [2.24, 2.45) is 4.99 Å². The van der Waals surface area contributed by atoms with E-state index in [2.05, 4.69) is 17.6 Å². The van der Waals surface area contributed by atoms with Crippen LogP contribution in [0.1, 0.15) is 131 Å². The summed E-state index contributed by atoms with van der Waals surface area (Å²) in [6.45, 7) is 12.6. The third-order valence-corrected chi connectivity index (χ3v) is 6.97. The number of carbonyl (C=O) groups is 2. The van der Waals surface area contributed by atoms with E-state index in [1.54, 1.807) is 0 Å². The second-order valence-corrected chi connectivity index (χ2v) is 11.5. The standard InChI is InChI=1S/C32H59N3O5/c1-6-7-8-9-10-11-12-13-14-18-27(33-21-16-23-39-25(2)3)30-31(37)28(35-32(30)38)19-15-20-29(36)34-22-17-24-40-26(4)5/h25-26,28,37H,6-24H2,1-5H3,(H,34,36)(H,35,38)/t28-/m0/s1. The fourth-order valence-electron chi connectivity index (χ4n) is 4.74. The Balaban J connectivity index is 2.58. The molecule has 0 unspecified atom stereocenters. The minimum Gasteiger partial charge on any atom is -0.509 e. The molecule has 40 heavy (non-hydrogen) atoms. The topological polar surface area (TPSA) is 109 Å². The average molecular weight is 566 g/mol. The molecule has 0 saturated carbocycles. The molecule has 1 heterocycles. The third kappa shape index (κ3) is 17.0. The van der Waals surface area contributed by atoms with E-state index in [4.69, 9.17) is 14.5 Å². The highest BCUT2D eigenvalue weighted by Gasteiger charge is 2.34. The first-order chi connectivity index (χ1) is 19.3. The molecule has 8 nitrogen and oxygen atoms in total. The van der Waals surface area contributed by atoms with E-state index in [1.807, 2.05) is 27.7 Å². The van der Waals surface area contributed by atoms with Crippen LogP contribution in [0.2, 0.25) is 0 Å². The highest BCUT2D eigenvalue weighted by atomic mass is 16.5. The highest BCUT2D eigenvalue weighted by Crippen LogP contribution is 2.23. The number of rotatable bonds is 25. The lowest BCUT2D eigenvalue weighted by atomic mass is 10.00. The second-order valence-electron chi connectivity index (χ2n) is 11.5. The van der Waals surface area contributed by atoms with E-state index in [1.165, 1.54) is 44.9 Å². The fourth-order valence-corrected chi connectivity index (χ4v) is 4.74. The Morgan fingerprint density at radius 2 is 1.48 bits per heavy atom. The van der Waals surface area contributed by atoms with E-state index >= 15 is 0 Å². The number of nitrogens with one attached hydrogen (secondary N) is 2. The predicted molar refractivity (Wildman–Crippen MR) is 164 cm³/mol. The molecule has 0 radical (unpaired) electrons. The van der Waals surface area contributed by atoms with Gasteiger partial charge in [0.2, 0.25) is 5.91 Å². The molecule has 0 bridgehead atoms. The van der Waals surface area contributed by atoms with Gasteiger partial charge in [0, 0.05) is 32.7 Å². The van der Waals surface area contributed by atoms with E-state index in [0.717, 1.165) is 25.7 Å². The molecule has 232 valence electrons. The largest absolute Gasteiger partial charge is 0.509 e. The second kappa shape index (κ2) is 22.7. The van der Waals surface area contributed by atoms with Gasteiger partial charge in [0.25, 0.3) is 5.91 Å². The van der Waals surface area contributed by atoms with Gasteiger partial charge in [-0.2, -0.15) is 0 Å². The van der Waals surface area contributed by atoms with Gasteiger partial charge in [-0.25, -0.2) is 0 Å². The molecular formula is C32H59N3O5. The third-order valence-electron chi connectivity index (χ3n) is 6.97. The van der Waals surface area contributed by atoms with Crippen molar-refractivity contribution in [1.29, 1.82) is 0 Å². The summed E-state index contributed by atoms with van der Waals surface area (Å²) in [4.78, 5) is 29.8. The Kier molecular flexibility index (Phi) is 20.5. The molecule has 0 aromatic heterocycles. The van der Waals surface area contributed by atoms with E-state index < -0.39 is 6.04 Å². The summed E-state index contributed by atoms with van der Waals surface area (Å²) >= 11 is 0. The minimum absolute atomic E-state index is 0.0196. The van der Waals surface area contributed by atoms with Crippen molar-refractivity contribution >= 4 is 17.5 Å². The Hall–Kier alpha value is -1.93. The Bertz CT molecular complexity index is 764. The van der Waals surface area contributed by atoms with Crippen LogP contribution >= 0.6 is 0 Å². The van der Waals surface area contributed by atoms with E-state index in [-0.39, 0.29) is 29.8 Å². The van der Waals surface area contributed by atoms with Crippen LogP contribution in [0.4, 0.5) is 0 Å². The first-order valence-corrected chi connectivity index (χ1v) is 16.0. The molecule has 1 aliphatic heterocycles. The number of hydrogen-bond donors (Lipinski definition) is 3. The normalized spacial score (nSPS) is 15.9. The zero-order valence-corrected chi connectivity index (χ0v) is 26.2. The SMILES string of the molecule is CCCCCCCCCCCC(=NCCCOC(C)C)C1=C(O)[C@H](CCCC(=O)NCCCOC(C)C)NC1=O. The molecule has 2 amide bonds. The van der Waals surface area contributed by atoms with Crippen molar-refractivity contribution in [3.63, 3.8) is 0 Å². The molecule has 0 aromatic rings. The van der Waals surface area contributed by atoms with Gasteiger partial charge in [0.05, 0.1) is 29.5 Å². The molecule has 1 aliphatic rings. The average Bonchev–Trinajstić information content (AvgIpc) is 3.18. The molecular weight excluding hydrogens is 506 g/mol. The Morgan fingerprint density at radius 3 is 2.10 bits per heavy atom. The summed E-state index contributed by atoms with van der Waals surface area (Å²) < 4.78 is 11.1. The number of unbranched alkanes of at least 4 members (excludes halogenated alkanes) is 8. The Labute approximate surface area is 244 Å². The van der Waals surface area contributed by atoms with Crippen LogP contribution in [-0.2, 0) is 19.1 Å². The van der Waals surface area contributed by atoms with Crippen LogP contribution in [0.15, 0.2) is 16.3 Å². The lowest BCUT2D eigenvalue weighted by Crippen LogP contribution is -2.30. The minimum atomic E-state index is -0.465. The van der Waals surface area contributed by atoms with Gasteiger partial charge in [-0.3, -0.25) is 14.6 Å². The van der Waals surface area contributed by atoms with Crippen molar-refractivity contribution in [2.75, 3.05) is 26.3 Å². The summed E-state index contributed by atoms with van der Waals surface area (Å²) in [5, 5.41) is 16.8. The number of ether oxygens (including phenoxy) is 2. The summed E-state index contributed by atoms with van der Waals surface area (Å²) in [5.74, 6) is -0.205. The maximum Gasteiger partial charge on any atom is 0.257 e. The molecule has 1 rings (SSSR count). The number of amides is 2. The Morgan fingerprint density at radius 1 is 0.875 bits per heavy atom. The molecule has 0 spiro atoms. The van der Waals surface area contributed by atoms with Crippen LogP contribution in [-0.4, -0.2) is 67.2 Å². The number of nitrogens with zero attached hydrogens (tertiary/aromatic N) is 1. The van der Waals surface area contributed by atoms with Crippen molar-refractivity contribution in [3.8, 4) is 0 Å². The monoisotopic (exact) mass is 565 g/mol. The van der Waals surface area contributed by atoms with Gasteiger partial charge in [0.1, 0.15) is 5.76 Å². The number of hydrogen-bond acceptors (Lipinski definition) is 6. The van der Waals surface area contributed by atoms with Gasteiger partial charge in [-0.15, -0.1) is 0 Å². The van der Waals surface area contributed by atoms with Crippen LogP contribution in [0.3, 0.4) is 0 Å². The maximum absolute atomic E-state index is 12.9. The molecule has 0 fully saturated rings. The van der Waals surface area contributed by atoms with E-state index in [9.17, 15) is 14.7 Å². The summed E-state index contributed by atoms with van der Waals surface area (Å²) in [6, 6.07) is -0.465. The molecule has 0 saturated heterocycles. The predicted octanol–water partition coefficient (Wildman–Crippen LogP) is 6.58. The van der Waals surface area contributed by atoms with Crippen LogP contribution in [0, 0.1) is 0 Å².